The quantitative estimate of drug-likeness (QED) is 0.706. The maximum Gasteiger partial charge on any atom is 0.00817 e. The molecule has 2 N–H and O–H groups in total. The van der Waals surface area contributed by atoms with Crippen LogP contribution in [0.2, 0.25) is 0 Å². The van der Waals surface area contributed by atoms with Crippen molar-refractivity contribution in [1.82, 2.24) is 4.90 Å². The highest BCUT2D eigenvalue weighted by Crippen LogP contribution is 2.11. The average Bonchev–Trinajstić information content (AvgIpc) is 1.99. The summed E-state index contributed by atoms with van der Waals surface area (Å²) in [5.41, 5.74) is 5.87. The smallest absolute Gasteiger partial charge is 0.00817 e. The average molecular weight is 214 g/mol. The second-order valence-electron chi connectivity index (χ2n) is 5.80. The highest BCUT2D eigenvalue weighted by molar-refractivity contribution is 4.73. The van der Waals surface area contributed by atoms with Crippen LogP contribution >= 0.6 is 0 Å². The zero-order chi connectivity index (χ0) is 12.0. The van der Waals surface area contributed by atoms with E-state index in [-0.39, 0.29) is 0 Å². The third-order valence-corrected chi connectivity index (χ3v) is 2.54. The second-order valence-corrected chi connectivity index (χ2v) is 5.80. The van der Waals surface area contributed by atoms with Crippen molar-refractivity contribution in [2.75, 3.05) is 13.1 Å². The molecule has 0 aromatic rings. The van der Waals surface area contributed by atoms with Crippen molar-refractivity contribution in [3.8, 4) is 0 Å². The van der Waals surface area contributed by atoms with E-state index < -0.39 is 0 Å². The fourth-order valence-corrected chi connectivity index (χ4v) is 2.06. The van der Waals surface area contributed by atoms with Crippen molar-refractivity contribution in [3.63, 3.8) is 0 Å². The van der Waals surface area contributed by atoms with E-state index in [4.69, 9.17) is 5.73 Å². The van der Waals surface area contributed by atoms with Crippen LogP contribution in [0.5, 0.6) is 0 Å². The van der Waals surface area contributed by atoms with Gasteiger partial charge >= 0.3 is 0 Å². The molecule has 15 heavy (non-hydrogen) atoms. The molecule has 2 heteroatoms. The van der Waals surface area contributed by atoms with Gasteiger partial charge in [-0.1, -0.05) is 27.7 Å². The third kappa shape index (κ3) is 7.80. The number of nitrogens with two attached hydrogens (primary N) is 1. The standard InChI is InChI=1S/C13H30N2/c1-10(2)8-15(9-11(3)4)13(6)7-12(5)14/h10-13H,7-9,14H2,1-6H3. The minimum atomic E-state index is 0.307. The molecule has 0 fully saturated rings. The molecule has 0 amide bonds. The maximum absolute atomic E-state index is 5.87. The summed E-state index contributed by atoms with van der Waals surface area (Å²) in [4.78, 5) is 2.58. The number of rotatable bonds is 7. The molecule has 0 rings (SSSR count). The van der Waals surface area contributed by atoms with Gasteiger partial charge in [0.1, 0.15) is 0 Å². The first-order chi connectivity index (χ1) is 6.82. The molecule has 0 aromatic heterocycles. The Balaban J connectivity index is 4.20. The molecule has 0 aliphatic carbocycles. The largest absolute Gasteiger partial charge is 0.328 e. The Kier molecular flexibility index (Phi) is 7.20. The summed E-state index contributed by atoms with van der Waals surface area (Å²) in [6, 6.07) is 0.914. The van der Waals surface area contributed by atoms with Crippen molar-refractivity contribution in [1.29, 1.82) is 0 Å². The van der Waals surface area contributed by atoms with Crippen LogP contribution in [0.15, 0.2) is 0 Å². The lowest BCUT2D eigenvalue weighted by Gasteiger charge is -2.33. The lowest BCUT2D eigenvalue weighted by molar-refractivity contribution is 0.155. The summed E-state index contributed by atoms with van der Waals surface area (Å²) in [7, 11) is 0. The molecule has 0 aromatic carbocycles. The Morgan fingerprint density at radius 3 is 1.53 bits per heavy atom. The molecule has 0 bridgehead atoms. The number of hydrogen-bond donors (Lipinski definition) is 1. The molecular formula is C13H30N2. The summed E-state index contributed by atoms with van der Waals surface area (Å²) in [6.45, 7) is 15.9. The zero-order valence-electron chi connectivity index (χ0n) is 11.5. The SMILES string of the molecule is CC(C)CN(CC(C)C)C(C)CC(C)N. The van der Waals surface area contributed by atoms with E-state index in [9.17, 15) is 0 Å². The lowest BCUT2D eigenvalue weighted by Crippen LogP contribution is -2.41. The molecule has 0 radical (unpaired) electrons. The van der Waals surface area contributed by atoms with E-state index in [1.807, 2.05) is 0 Å². The Hall–Kier alpha value is -0.0800. The van der Waals surface area contributed by atoms with E-state index in [1.54, 1.807) is 0 Å². The van der Waals surface area contributed by atoms with Crippen LogP contribution in [0.25, 0.3) is 0 Å². The van der Waals surface area contributed by atoms with E-state index >= 15 is 0 Å². The Bertz CT molecular complexity index is 143. The van der Waals surface area contributed by atoms with Gasteiger partial charge in [0.2, 0.25) is 0 Å². The van der Waals surface area contributed by atoms with Crippen LogP contribution in [0.3, 0.4) is 0 Å². The van der Waals surface area contributed by atoms with Gasteiger partial charge in [-0.25, -0.2) is 0 Å². The van der Waals surface area contributed by atoms with E-state index in [0.717, 1.165) is 18.3 Å². The second kappa shape index (κ2) is 7.24. The van der Waals surface area contributed by atoms with E-state index in [2.05, 4.69) is 46.4 Å². The number of hydrogen-bond acceptors (Lipinski definition) is 2. The van der Waals surface area contributed by atoms with Gasteiger partial charge in [0.05, 0.1) is 0 Å². The first-order valence-electron chi connectivity index (χ1n) is 6.32. The van der Waals surface area contributed by atoms with Crippen LogP contribution in [0.1, 0.15) is 48.0 Å². The molecule has 0 spiro atoms. The highest BCUT2D eigenvalue weighted by atomic mass is 15.2. The number of nitrogens with zero attached hydrogens (tertiary/aromatic N) is 1. The minimum absolute atomic E-state index is 0.307. The van der Waals surface area contributed by atoms with Crippen LogP contribution in [-0.2, 0) is 0 Å². The van der Waals surface area contributed by atoms with Gasteiger partial charge in [-0.2, -0.15) is 0 Å². The molecule has 0 heterocycles. The summed E-state index contributed by atoms with van der Waals surface area (Å²) >= 11 is 0. The lowest BCUT2D eigenvalue weighted by atomic mass is 10.0. The monoisotopic (exact) mass is 214 g/mol. The van der Waals surface area contributed by atoms with E-state index in [1.165, 1.54) is 13.1 Å². The van der Waals surface area contributed by atoms with E-state index in [0.29, 0.717) is 12.1 Å². The molecule has 92 valence electrons. The van der Waals surface area contributed by atoms with Crippen molar-refractivity contribution in [3.05, 3.63) is 0 Å². The van der Waals surface area contributed by atoms with Crippen molar-refractivity contribution in [2.24, 2.45) is 17.6 Å². The topological polar surface area (TPSA) is 29.3 Å². The highest BCUT2D eigenvalue weighted by Gasteiger charge is 2.17. The Labute approximate surface area is 96.2 Å². The van der Waals surface area contributed by atoms with Crippen LogP contribution in [-0.4, -0.2) is 30.1 Å². The maximum atomic E-state index is 5.87. The Morgan fingerprint density at radius 2 is 1.27 bits per heavy atom. The Morgan fingerprint density at radius 1 is 0.867 bits per heavy atom. The minimum Gasteiger partial charge on any atom is -0.328 e. The molecule has 2 atom stereocenters. The van der Waals surface area contributed by atoms with Crippen molar-refractivity contribution in [2.45, 2.75) is 60.0 Å². The fraction of sp³-hybridized carbons (Fsp3) is 1.00. The van der Waals surface area contributed by atoms with Gasteiger partial charge < -0.3 is 10.6 Å². The van der Waals surface area contributed by atoms with Gasteiger partial charge in [0.25, 0.3) is 0 Å². The van der Waals surface area contributed by atoms with Gasteiger partial charge in [-0.15, -0.1) is 0 Å². The molecule has 2 nitrogen and oxygen atoms in total. The van der Waals surface area contributed by atoms with Gasteiger partial charge in [-0.3, -0.25) is 0 Å². The van der Waals surface area contributed by atoms with Crippen molar-refractivity contribution < 1.29 is 0 Å². The van der Waals surface area contributed by atoms with Gasteiger partial charge in [-0.05, 0) is 32.1 Å². The summed E-state index contributed by atoms with van der Waals surface area (Å²) < 4.78 is 0. The first-order valence-corrected chi connectivity index (χ1v) is 6.32. The summed E-state index contributed by atoms with van der Waals surface area (Å²) in [5.74, 6) is 1.47. The first kappa shape index (κ1) is 14.9. The molecule has 0 saturated heterocycles. The van der Waals surface area contributed by atoms with Gasteiger partial charge in [0.15, 0.2) is 0 Å². The summed E-state index contributed by atoms with van der Waals surface area (Å²) in [5, 5.41) is 0. The molecule has 2 unspecified atom stereocenters. The molecule has 0 aliphatic heterocycles. The van der Waals surface area contributed by atoms with Crippen LogP contribution in [0, 0.1) is 11.8 Å². The zero-order valence-corrected chi connectivity index (χ0v) is 11.5. The van der Waals surface area contributed by atoms with Crippen LogP contribution in [0.4, 0.5) is 0 Å². The van der Waals surface area contributed by atoms with Crippen LogP contribution < -0.4 is 5.73 Å². The molecular weight excluding hydrogens is 184 g/mol. The fourth-order valence-electron chi connectivity index (χ4n) is 2.06. The normalized spacial score (nSPS) is 16.4. The third-order valence-electron chi connectivity index (χ3n) is 2.54. The predicted octanol–water partition coefficient (Wildman–Crippen LogP) is 2.73. The summed E-state index contributed by atoms with van der Waals surface area (Å²) in [6.07, 6.45) is 1.10. The predicted molar refractivity (Wildman–Crippen MR) is 69.0 cm³/mol. The molecule has 0 saturated carbocycles. The molecule has 0 aliphatic rings. The van der Waals surface area contributed by atoms with Gasteiger partial charge in [0, 0.05) is 25.2 Å². The van der Waals surface area contributed by atoms with Crippen molar-refractivity contribution >= 4 is 0 Å².